The Labute approximate surface area is 214 Å². The van der Waals surface area contributed by atoms with E-state index in [9.17, 15) is 14.4 Å². The monoisotopic (exact) mass is 502 g/mol. The van der Waals surface area contributed by atoms with Crippen molar-refractivity contribution in [3.8, 4) is 11.5 Å². The van der Waals surface area contributed by atoms with Crippen molar-refractivity contribution in [1.82, 2.24) is 4.90 Å². The summed E-state index contributed by atoms with van der Waals surface area (Å²) in [6, 6.07) is 22.2. The molecule has 0 aliphatic carbocycles. The molecule has 3 aromatic carbocycles. The van der Waals surface area contributed by atoms with Gasteiger partial charge in [-0.2, -0.15) is 0 Å². The van der Waals surface area contributed by atoms with Crippen LogP contribution in [0.5, 0.6) is 11.5 Å². The second-order valence-corrected chi connectivity index (χ2v) is 9.19. The topological polar surface area (TPSA) is 84.9 Å². The number of amides is 3. The maximum atomic E-state index is 12.8. The Balaban J connectivity index is 1.29. The molecule has 0 aromatic heterocycles. The quantitative estimate of drug-likeness (QED) is 0.310. The Morgan fingerprint density at radius 1 is 0.889 bits per heavy atom. The third-order valence-corrected chi connectivity index (χ3v) is 6.42. The number of anilines is 1. The highest BCUT2D eigenvalue weighted by Gasteiger charge is 2.36. The van der Waals surface area contributed by atoms with Gasteiger partial charge in [0, 0.05) is 5.69 Å². The van der Waals surface area contributed by atoms with Crippen LogP contribution in [0.4, 0.5) is 10.5 Å². The fourth-order valence-corrected chi connectivity index (χ4v) is 4.29. The second kappa shape index (κ2) is 11.6. The number of aryl methyl sites for hydroxylation is 2. The van der Waals surface area contributed by atoms with Crippen LogP contribution in [0.3, 0.4) is 0 Å². The van der Waals surface area contributed by atoms with Gasteiger partial charge in [-0.1, -0.05) is 36.4 Å². The number of benzene rings is 3. The van der Waals surface area contributed by atoms with Crippen molar-refractivity contribution in [3.05, 3.63) is 94.4 Å². The highest BCUT2D eigenvalue weighted by atomic mass is 32.2. The summed E-state index contributed by atoms with van der Waals surface area (Å²) in [5.74, 6) is 0.534. The molecule has 1 N–H and O–H groups in total. The predicted octanol–water partition coefficient (Wildman–Crippen LogP) is 5.44. The highest BCUT2D eigenvalue weighted by molar-refractivity contribution is 8.18. The number of imide groups is 1. The van der Waals surface area contributed by atoms with Gasteiger partial charge in [0.25, 0.3) is 11.1 Å². The summed E-state index contributed by atoms with van der Waals surface area (Å²) in [6.45, 7) is 4.39. The van der Waals surface area contributed by atoms with E-state index >= 15 is 0 Å². The van der Waals surface area contributed by atoms with E-state index < -0.39 is 17.1 Å². The maximum Gasteiger partial charge on any atom is 0.294 e. The van der Waals surface area contributed by atoms with E-state index in [-0.39, 0.29) is 11.4 Å². The minimum Gasteiger partial charge on any atom is -0.490 e. The van der Waals surface area contributed by atoms with Crippen molar-refractivity contribution in [3.63, 3.8) is 0 Å². The standard InChI is InChI=1S/C28H26N2O5S/c1-19-8-11-22(16-20(19)2)29-26(31)18-30-27(32)25(36-28(30)33)17-21-9-12-24(13-10-21)35-15-14-34-23-6-4-3-5-7-23/h3-13,16-17H,14-15,18H2,1-2H3,(H,29,31)/b25-17+. The normalized spacial score (nSPS) is 14.3. The molecule has 7 nitrogen and oxygen atoms in total. The summed E-state index contributed by atoms with van der Waals surface area (Å²) in [5, 5.41) is 2.27. The van der Waals surface area contributed by atoms with Gasteiger partial charge < -0.3 is 14.8 Å². The molecule has 1 fully saturated rings. The van der Waals surface area contributed by atoms with E-state index in [2.05, 4.69) is 5.32 Å². The Morgan fingerprint density at radius 3 is 2.22 bits per heavy atom. The Kier molecular flexibility index (Phi) is 8.07. The molecule has 1 aliphatic heterocycles. The molecule has 8 heteroatoms. The molecule has 0 saturated carbocycles. The number of nitrogens with zero attached hydrogens (tertiary/aromatic N) is 1. The van der Waals surface area contributed by atoms with Gasteiger partial charge in [-0.3, -0.25) is 19.3 Å². The lowest BCUT2D eigenvalue weighted by molar-refractivity contribution is -0.127. The van der Waals surface area contributed by atoms with E-state index in [0.29, 0.717) is 24.7 Å². The van der Waals surface area contributed by atoms with Crippen LogP contribution in [0.2, 0.25) is 0 Å². The molecule has 0 atom stereocenters. The van der Waals surface area contributed by atoms with E-state index in [4.69, 9.17) is 9.47 Å². The van der Waals surface area contributed by atoms with Crippen molar-refractivity contribution in [1.29, 1.82) is 0 Å². The van der Waals surface area contributed by atoms with Gasteiger partial charge in [0.1, 0.15) is 31.3 Å². The summed E-state index contributed by atoms with van der Waals surface area (Å²) in [7, 11) is 0. The van der Waals surface area contributed by atoms with Crippen LogP contribution < -0.4 is 14.8 Å². The number of nitrogens with one attached hydrogen (secondary N) is 1. The van der Waals surface area contributed by atoms with Crippen molar-refractivity contribution >= 4 is 40.6 Å². The Hall–Kier alpha value is -4.04. The van der Waals surface area contributed by atoms with Crippen molar-refractivity contribution in [2.45, 2.75) is 13.8 Å². The average molecular weight is 503 g/mol. The van der Waals surface area contributed by atoms with E-state index in [1.54, 1.807) is 36.4 Å². The zero-order valence-electron chi connectivity index (χ0n) is 20.0. The molecule has 0 radical (unpaired) electrons. The summed E-state index contributed by atoms with van der Waals surface area (Å²) in [6.07, 6.45) is 1.63. The largest absolute Gasteiger partial charge is 0.490 e. The van der Waals surface area contributed by atoms with E-state index in [0.717, 1.165) is 39.1 Å². The first-order valence-electron chi connectivity index (χ1n) is 11.4. The van der Waals surface area contributed by atoms with Gasteiger partial charge in [-0.15, -0.1) is 0 Å². The van der Waals surface area contributed by atoms with Crippen LogP contribution in [0, 0.1) is 13.8 Å². The first-order chi connectivity index (χ1) is 17.4. The van der Waals surface area contributed by atoms with Crippen LogP contribution in [-0.2, 0) is 9.59 Å². The zero-order valence-corrected chi connectivity index (χ0v) is 20.8. The van der Waals surface area contributed by atoms with Crippen LogP contribution in [0.15, 0.2) is 77.7 Å². The van der Waals surface area contributed by atoms with Crippen molar-refractivity contribution < 1.29 is 23.9 Å². The van der Waals surface area contributed by atoms with Gasteiger partial charge in [-0.25, -0.2) is 0 Å². The van der Waals surface area contributed by atoms with Crippen LogP contribution in [0.25, 0.3) is 6.08 Å². The number of carbonyl (C=O) groups is 3. The first kappa shape index (κ1) is 25.1. The zero-order chi connectivity index (χ0) is 25.5. The molecule has 3 amide bonds. The fourth-order valence-electron chi connectivity index (χ4n) is 3.45. The summed E-state index contributed by atoms with van der Waals surface area (Å²) in [5.41, 5.74) is 3.52. The summed E-state index contributed by atoms with van der Waals surface area (Å²) >= 11 is 0.819. The lowest BCUT2D eigenvalue weighted by Crippen LogP contribution is -2.36. The number of para-hydroxylation sites is 1. The van der Waals surface area contributed by atoms with Crippen molar-refractivity contribution in [2.24, 2.45) is 0 Å². The Bertz CT molecular complexity index is 1290. The number of thioether (sulfide) groups is 1. The molecule has 184 valence electrons. The Morgan fingerprint density at radius 2 is 1.56 bits per heavy atom. The molecule has 3 aromatic rings. The average Bonchev–Trinajstić information content (AvgIpc) is 3.13. The van der Waals surface area contributed by atoms with Crippen LogP contribution >= 0.6 is 11.8 Å². The highest BCUT2D eigenvalue weighted by Crippen LogP contribution is 2.32. The lowest BCUT2D eigenvalue weighted by Gasteiger charge is -2.13. The number of rotatable bonds is 9. The predicted molar refractivity (Wildman–Crippen MR) is 141 cm³/mol. The first-order valence-corrected chi connectivity index (χ1v) is 12.2. The molecule has 1 aliphatic rings. The van der Waals surface area contributed by atoms with E-state index in [1.165, 1.54) is 0 Å². The molecule has 0 unspecified atom stereocenters. The van der Waals surface area contributed by atoms with Gasteiger partial charge >= 0.3 is 0 Å². The summed E-state index contributed by atoms with van der Waals surface area (Å²) in [4.78, 5) is 38.8. The SMILES string of the molecule is Cc1ccc(NC(=O)CN2C(=O)S/C(=C/c3ccc(OCCOc4ccccc4)cc3)C2=O)cc1C. The van der Waals surface area contributed by atoms with Crippen LogP contribution in [-0.4, -0.2) is 41.7 Å². The van der Waals surface area contributed by atoms with Gasteiger partial charge in [0.05, 0.1) is 4.91 Å². The number of hydrogen-bond acceptors (Lipinski definition) is 6. The molecule has 0 spiro atoms. The molecule has 4 rings (SSSR count). The third kappa shape index (κ3) is 6.55. The minimum atomic E-state index is -0.487. The molecule has 1 saturated heterocycles. The number of carbonyl (C=O) groups excluding carboxylic acids is 3. The smallest absolute Gasteiger partial charge is 0.294 e. The van der Waals surface area contributed by atoms with Gasteiger partial charge in [-0.05, 0) is 84.8 Å². The van der Waals surface area contributed by atoms with Crippen LogP contribution in [0.1, 0.15) is 16.7 Å². The molecule has 1 heterocycles. The molecular weight excluding hydrogens is 476 g/mol. The lowest BCUT2D eigenvalue weighted by atomic mass is 10.1. The molecule has 0 bridgehead atoms. The maximum absolute atomic E-state index is 12.8. The second-order valence-electron chi connectivity index (χ2n) is 8.19. The van der Waals surface area contributed by atoms with Crippen molar-refractivity contribution in [2.75, 3.05) is 25.1 Å². The minimum absolute atomic E-state index is 0.268. The third-order valence-electron chi connectivity index (χ3n) is 5.51. The molecular formula is C28H26N2O5S. The summed E-state index contributed by atoms with van der Waals surface area (Å²) < 4.78 is 11.3. The van der Waals surface area contributed by atoms with E-state index in [1.807, 2.05) is 56.3 Å². The number of ether oxygens (including phenoxy) is 2. The van der Waals surface area contributed by atoms with Gasteiger partial charge in [0.15, 0.2) is 0 Å². The van der Waals surface area contributed by atoms with Gasteiger partial charge in [0.2, 0.25) is 5.91 Å². The fraction of sp³-hybridized carbons (Fsp3) is 0.179. The number of hydrogen-bond donors (Lipinski definition) is 1. The molecule has 36 heavy (non-hydrogen) atoms.